The van der Waals surface area contributed by atoms with E-state index in [4.69, 9.17) is 0 Å². The molecule has 1 spiro atoms. The molecule has 5 nitrogen and oxygen atoms in total. The molecular weight excluding hydrogens is 302 g/mol. The maximum absolute atomic E-state index is 11.9. The van der Waals surface area contributed by atoms with E-state index in [1.54, 1.807) is 0 Å². The molecule has 0 radical (unpaired) electrons. The Hall–Kier alpha value is -2.04. The van der Waals surface area contributed by atoms with Gasteiger partial charge in [-0.3, -0.25) is 4.79 Å². The quantitative estimate of drug-likeness (QED) is 0.744. The number of fused-ring (bicyclic) bond motifs is 2. The van der Waals surface area contributed by atoms with Crippen LogP contribution in [0.15, 0.2) is 24.3 Å². The Balaban J connectivity index is 1.18. The third-order valence-corrected chi connectivity index (χ3v) is 5.83. The molecule has 3 aliphatic carbocycles. The molecule has 0 bridgehead atoms. The number of aryl methyl sites for hydroxylation is 1. The molecule has 0 unspecified atom stereocenters. The molecule has 0 saturated heterocycles. The van der Waals surface area contributed by atoms with Crippen LogP contribution in [-0.4, -0.2) is 31.6 Å². The van der Waals surface area contributed by atoms with E-state index in [0.29, 0.717) is 23.8 Å². The molecule has 3 amide bonds. The van der Waals surface area contributed by atoms with E-state index in [2.05, 4.69) is 40.2 Å². The van der Waals surface area contributed by atoms with Crippen LogP contribution in [0, 0.1) is 11.8 Å². The molecule has 5 heteroatoms. The van der Waals surface area contributed by atoms with E-state index in [-0.39, 0.29) is 18.5 Å². The monoisotopic (exact) mass is 327 g/mol. The standard InChI is InChI=1S/C19H25N3O2/c23-17(20-10-13-5-6-13)12-22-18(24)21-11-15-9-19(15)8-7-14-3-1-2-4-16(14)19/h1-4,13,15H,5-12H2,(H,20,23)(H2,21,22,24)/t15-,19-/m0/s1. The molecule has 2 fully saturated rings. The molecule has 0 aliphatic heterocycles. The fourth-order valence-corrected chi connectivity index (χ4v) is 4.08. The predicted molar refractivity (Wildman–Crippen MR) is 91.7 cm³/mol. The summed E-state index contributed by atoms with van der Waals surface area (Å²) < 4.78 is 0. The van der Waals surface area contributed by atoms with Gasteiger partial charge in [-0.2, -0.15) is 0 Å². The molecular formula is C19H25N3O2. The lowest BCUT2D eigenvalue weighted by atomic mass is 9.95. The fraction of sp³-hybridized carbons (Fsp3) is 0.579. The van der Waals surface area contributed by atoms with Gasteiger partial charge in [-0.25, -0.2) is 4.79 Å². The van der Waals surface area contributed by atoms with Crippen molar-refractivity contribution >= 4 is 11.9 Å². The zero-order valence-corrected chi connectivity index (χ0v) is 13.9. The van der Waals surface area contributed by atoms with E-state index >= 15 is 0 Å². The minimum Gasteiger partial charge on any atom is -0.354 e. The third-order valence-electron chi connectivity index (χ3n) is 5.83. The average molecular weight is 327 g/mol. The summed E-state index contributed by atoms with van der Waals surface area (Å²) in [6, 6.07) is 8.44. The van der Waals surface area contributed by atoms with Gasteiger partial charge in [0.15, 0.2) is 0 Å². The first-order chi connectivity index (χ1) is 11.7. The minimum absolute atomic E-state index is 0.0528. The number of urea groups is 1. The SMILES string of the molecule is O=C(CNC(=O)NC[C@@H]1C[C@@]12CCc1ccccc12)NCC1CC1. The summed E-state index contributed by atoms with van der Waals surface area (Å²) in [4.78, 5) is 23.5. The van der Waals surface area contributed by atoms with Gasteiger partial charge in [0, 0.05) is 18.5 Å². The number of hydrogen-bond donors (Lipinski definition) is 3. The van der Waals surface area contributed by atoms with E-state index in [9.17, 15) is 9.59 Å². The van der Waals surface area contributed by atoms with Crippen LogP contribution < -0.4 is 16.0 Å². The van der Waals surface area contributed by atoms with Crippen LogP contribution in [0.3, 0.4) is 0 Å². The molecule has 3 N–H and O–H groups in total. The summed E-state index contributed by atoms with van der Waals surface area (Å²) in [6.45, 7) is 1.48. The van der Waals surface area contributed by atoms with E-state index in [0.717, 1.165) is 19.4 Å². The van der Waals surface area contributed by atoms with Crippen LogP contribution in [0.5, 0.6) is 0 Å². The molecule has 2 saturated carbocycles. The van der Waals surface area contributed by atoms with Gasteiger partial charge in [0.1, 0.15) is 0 Å². The van der Waals surface area contributed by atoms with Crippen LogP contribution in [0.1, 0.15) is 36.8 Å². The van der Waals surface area contributed by atoms with Gasteiger partial charge in [-0.1, -0.05) is 24.3 Å². The van der Waals surface area contributed by atoms with Gasteiger partial charge in [-0.15, -0.1) is 0 Å². The number of nitrogens with one attached hydrogen (secondary N) is 3. The van der Waals surface area contributed by atoms with Crippen molar-refractivity contribution in [3.05, 3.63) is 35.4 Å². The van der Waals surface area contributed by atoms with E-state index in [1.165, 1.54) is 30.4 Å². The highest BCUT2D eigenvalue weighted by atomic mass is 16.2. The van der Waals surface area contributed by atoms with Crippen LogP contribution in [0.25, 0.3) is 0 Å². The van der Waals surface area contributed by atoms with E-state index in [1.807, 2.05) is 0 Å². The van der Waals surface area contributed by atoms with E-state index < -0.39 is 0 Å². The maximum Gasteiger partial charge on any atom is 0.315 e. The first-order valence-electron chi connectivity index (χ1n) is 9.04. The molecule has 4 rings (SSSR count). The Morgan fingerprint density at radius 1 is 1.08 bits per heavy atom. The number of amides is 3. The van der Waals surface area contributed by atoms with Gasteiger partial charge in [0.25, 0.3) is 0 Å². The number of rotatable bonds is 6. The number of benzene rings is 1. The Morgan fingerprint density at radius 2 is 1.92 bits per heavy atom. The summed E-state index contributed by atoms with van der Waals surface area (Å²) in [6.07, 6.45) is 5.93. The van der Waals surface area contributed by atoms with Gasteiger partial charge in [-0.05, 0) is 55.1 Å². The topological polar surface area (TPSA) is 70.2 Å². The van der Waals surface area contributed by atoms with Crippen molar-refractivity contribution in [3.63, 3.8) is 0 Å². The van der Waals surface area contributed by atoms with Crippen molar-refractivity contribution in [2.24, 2.45) is 11.8 Å². The Labute approximate surface area is 142 Å². The normalized spacial score (nSPS) is 26.8. The lowest BCUT2D eigenvalue weighted by Gasteiger charge is -2.12. The van der Waals surface area contributed by atoms with Gasteiger partial charge in [0.05, 0.1) is 6.54 Å². The van der Waals surface area contributed by atoms with Crippen molar-refractivity contribution in [1.82, 2.24) is 16.0 Å². The predicted octanol–water partition coefficient (Wildman–Crippen LogP) is 1.72. The highest BCUT2D eigenvalue weighted by Crippen LogP contribution is 2.61. The number of carbonyl (C=O) groups is 2. The first-order valence-corrected chi connectivity index (χ1v) is 9.04. The van der Waals surface area contributed by atoms with Gasteiger partial charge in [0.2, 0.25) is 5.91 Å². The summed E-state index contributed by atoms with van der Waals surface area (Å²) in [5.74, 6) is 1.07. The molecule has 128 valence electrons. The second-order valence-corrected chi connectivity index (χ2v) is 7.53. The third kappa shape index (κ3) is 3.12. The summed E-state index contributed by atoms with van der Waals surface area (Å²) in [5.41, 5.74) is 3.25. The van der Waals surface area contributed by atoms with Crippen molar-refractivity contribution in [3.8, 4) is 0 Å². The highest BCUT2D eigenvalue weighted by Gasteiger charge is 2.57. The molecule has 1 aromatic carbocycles. The summed E-state index contributed by atoms with van der Waals surface area (Å²) >= 11 is 0. The summed E-state index contributed by atoms with van der Waals surface area (Å²) in [5, 5.41) is 8.42. The van der Waals surface area contributed by atoms with Crippen molar-refractivity contribution in [2.75, 3.05) is 19.6 Å². The lowest BCUT2D eigenvalue weighted by Crippen LogP contribution is -2.43. The van der Waals surface area contributed by atoms with Crippen LogP contribution in [-0.2, 0) is 16.6 Å². The zero-order valence-electron chi connectivity index (χ0n) is 13.9. The second-order valence-electron chi connectivity index (χ2n) is 7.53. The lowest BCUT2D eigenvalue weighted by molar-refractivity contribution is -0.120. The van der Waals surface area contributed by atoms with Crippen LogP contribution in [0.4, 0.5) is 4.79 Å². The fourth-order valence-electron chi connectivity index (χ4n) is 4.08. The number of carbonyl (C=O) groups excluding carboxylic acids is 2. The molecule has 0 aromatic heterocycles. The zero-order chi connectivity index (χ0) is 16.6. The highest BCUT2D eigenvalue weighted by molar-refractivity contribution is 5.83. The van der Waals surface area contributed by atoms with Crippen LogP contribution >= 0.6 is 0 Å². The Kier molecular flexibility index (Phi) is 3.94. The van der Waals surface area contributed by atoms with Gasteiger partial charge >= 0.3 is 6.03 Å². The van der Waals surface area contributed by atoms with Crippen molar-refractivity contribution in [1.29, 1.82) is 0 Å². The van der Waals surface area contributed by atoms with Crippen LogP contribution in [0.2, 0.25) is 0 Å². The summed E-state index contributed by atoms with van der Waals surface area (Å²) in [7, 11) is 0. The smallest absolute Gasteiger partial charge is 0.315 e. The van der Waals surface area contributed by atoms with Crippen molar-refractivity contribution in [2.45, 2.75) is 37.5 Å². The Morgan fingerprint density at radius 3 is 2.75 bits per heavy atom. The minimum atomic E-state index is -0.245. The second kappa shape index (κ2) is 6.11. The van der Waals surface area contributed by atoms with Gasteiger partial charge < -0.3 is 16.0 Å². The largest absolute Gasteiger partial charge is 0.354 e. The number of hydrogen-bond acceptors (Lipinski definition) is 2. The first kappa shape index (κ1) is 15.5. The van der Waals surface area contributed by atoms with Crippen molar-refractivity contribution < 1.29 is 9.59 Å². The average Bonchev–Trinajstić information content (AvgIpc) is 3.49. The molecule has 2 atom stereocenters. The molecule has 3 aliphatic rings. The molecule has 24 heavy (non-hydrogen) atoms. The maximum atomic E-state index is 11.9. The molecule has 0 heterocycles. The molecule has 1 aromatic rings. The Bertz CT molecular complexity index is 656.